The van der Waals surface area contributed by atoms with E-state index in [1.807, 2.05) is 22.8 Å². The standard InChI is InChI=1S/C20H17BrN4OS2/c1-3-9-25-18(16-7-8-17(21)26-16)23-24-20(25)28-12-15-11-27-19(22-15)14-6-4-5-13(2)10-14/h3-8,10-11H,1,9,12H2,2H3. The van der Waals surface area contributed by atoms with Crippen molar-refractivity contribution in [1.82, 2.24) is 19.7 Å². The molecule has 0 saturated carbocycles. The third kappa shape index (κ3) is 4.14. The molecule has 1 aromatic carbocycles. The Morgan fingerprint density at radius 3 is 2.93 bits per heavy atom. The summed E-state index contributed by atoms with van der Waals surface area (Å²) in [6, 6.07) is 12.1. The molecule has 0 fully saturated rings. The number of thiazole rings is 1. The molecular formula is C20H17BrN4OS2. The maximum atomic E-state index is 5.63. The number of aromatic nitrogens is 4. The Hall–Kier alpha value is -2.16. The SMILES string of the molecule is C=CCn1c(SCc2csc(-c3cccc(C)c3)n2)nnc1-c1ccc(Br)o1. The number of allylic oxidation sites excluding steroid dienone is 1. The fourth-order valence-corrected chi connectivity index (χ4v) is 4.80. The highest BCUT2D eigenvalue weighted by Crippen LogP contribution is 2.30. The Kier molecular flexibility index (Phi) is 5.79. The quantitative estimate of drug-likeness (QED) is 0.236. The molecule has 0 N–H and O–H groups in total. The first kappa shape index (κ1) is 19.2. The van der Waals surface area contributed by atoms with E-state index in [2.05, 4.69) is 69.3 Å². The van der Waals surface area contributed by atoms with Gasteiger partial charge in [-0.3, -0.25) is 4.57 Å². The Labute approximate surface area is 179 Å². The van der Waals surface area contributed by atoms with Gasteiger partial charge in [-0.1, -0.05) is 41.6 Å². The van der Waals surface area contributed by atoms with E-state index in [-0.39, 0.29) is 0 Å². The zero-order chi connectivity index (χ0) is 19.5. The van der Waals surface area contributed by atoms with Crippen molar-refractivity contribution in [3.05, 3.63) is 70.4 Å². The van der Waals surface area contributed by atoms with Gasteiger partial charge >= 0.3 is 0 Å². The van der Waals surface area contributed by atoms with Crippen LogP contribution in [0.5, 0.6) is 0 Å². The summed E-state index contributed by atoms with van der Waals surface area (Å²) in [6.07, 6.45) is 1.83. The number of aryl methyl sites for hydroxylation is 1. The number of hydrogen-bond donors (Lipinski definition) is 0. The van der Waals surface area contributed by atoms with Gasteiger partial charge in [-0.15, -0.1) is 28.1 Å². The number of nitrogens with zero attached hydrogens (tertiary/aromatic N) is 4. The zero-order valence-electron chi connectivity index (χ0n) is 15.1. The Bertz CT molecular complexity index is 1120. The van der Waals surface area contributed by atoms with E-state index >= 15 is 0 Å². The van der Waals surface area contributed by atoms with Gasteiger partial charge in [-0.05, 0) is 41.1 Å². The van der Waals surface area contributed by atoms with Crippen LogP contribution in [0.1, 0.15) is 11.3 Å². The van der Waals surface area contributed by atoms with E-state index in [9.17, 15) is 0 Å². The highest BCUT2D eigenvalue weighted by atomic mass is 79.9. The molecule has 0 bridgehead atoms. The van der Waals surface area contributed by atoms with E-state index in [4.69, 9.17) is 9.40 Å². The normalized spacial score (nSPS) is 11.1. The number of furan rings is 1. The summed E-state index contributed by atoms with van der Waals surface area (Å²) in [5.41, 5.74) is 3.42. The Morgan fingerprint density at radius 1 is 1.29 bits per heavy atom. The lowest BCUT2D eigenvalue weighted by molar-refractivity contribution is 0.545. The van der Waals surface area contributed by atoms with Gasteiger partial charge < -0.3 is 4.42 Å². The lowest BCUT2D eigenvalue weighted by Crippen LogP contribution is -2.00. The summed E-state index contributed by atoms with van der Waals surface area (Å²) in [6.45, 7) is 6.54. The van der Waals surface area contributed by atoms with E-state index in [1.54, 1.807) is 23.1 Å². The minimum Gasteiger partial charge on any atom is -0.446 e. The fraction of sp³-hybridized carbons (Fsp3) is 0.150. The summed E-state index contributed by atoms with van der Waals surface area (Å²) in [7, 11) is 0. The molecule has 8 heteroatoms. The average Bonchev–Trinajstić information content (AvgIpc) is 3.40. The molecule has 0 unspecified atom stereocenters. The van der Waals surface area contributed by atoms with Crippen molar-refractivity contribution in [3.8, 4) is 22.2 Å². The molecule has 28 heavy (non-hydrogen) atoms. The van der Waals surface area contributed by atoms with Crippen molar-refractivity contribution >= 4 is 39.0 Å². The van der Waals surface area contributed by atoms with Crippen LogP contribution in [0.2, 0.25) is 0 Å². The number of halogens is 1. The summed E-state index contributed by atoms with van der Waals surface area (Å²) >= 11 is 6.60. The van der Waals surface area contributed by atoms with Gasteiger partial charge in [0.1, 0.15) is 5.01 Å². The van der Waals surface area contributed by atoms with Gasteiger partial charge in [0.05, 0.1) is 5.69 Å². The third-order valence-corrected chi connectivity index (χ3v) is 6.35. The summed E-state index contributed by atoms with van der Waals surface area (Å²) in [4.78, 5) is 4.78. The maximum absolute atomic E-state index is 5.63. The van der Waals surface area contributed by atoms with Crippen LogP contribution in [0.4, 0.5) is 0 Å². The van der Waals surface area contributed by atoms with Gasteiger partial charge in [-0.2, -0.15) is 0 Å². The maximum Gasteiger partial charge on any atom is 0.200 e. The van der Waals surface area contributed by atoms with E-state index < -0.39 is 0 Å². The summed E-state index contributed by atoms with van der Waals surface area (Å²) in [5.74, 6) is 2.08. The first-order valence-corrected chi connectivity index (χ1v) is 11.2. The second kappa shape index (κ2) is 8.46. The number of rotatable bonds is 7. The first-order chi connectivity index (χ1) is 13.6. The van der Waals surface area contributed by atoms with Crippen LogP contribution in [0.25, 0.3) is 22.2 Å². The van der Waals surface area contributed by atoms with Crippen LogP contribution < -0.4 is 0 Å². The van der Waals surface area contributed by atoms with Gasteiger partial charge in [0.2, 0.25) is 5.82 Å². The van der Waals surface area contributed by atoms with Crippen LogP contribution in [-0.4, -0.2) is 19.7 Å². The summed E-state index contributed by atoms with van der Waals surface area (Å²) in [5, 5.41) is 12.6. The molecular weight excluding hydrogens is 456 g/mol. The Balaban J connectivity index is 1.52. The van der Waals surface area contributed by atoms with Crippen molar-refractivity contribution < 1.29 is 4.42 Å². The lowest BCUT2D eigenvalue weighted by Gasteiger charge is -2.05. The number of hydrogen-bond acceptors (Lipinski definition) is 6. The van der Waals surface area contributed by atoms with Crippen LogP contribution in [0.15, 0.2) is 68.7 Å². The molecule has 3 aromatic heterocycles. The average molecular weight is 473 g/mol. The first-order valence-electron chi connectivity index (χ1n) is 8.58. The second-order valence-corrected chi connectivity index (χ2v) is 8.69. The molecule has 0 aliphatic rings. The predicted octanol–water partition coefficient (Wildman–Crippen LogP) is 6.21. The lowest BCUT2D eigenvalue weighted by atomic mass is 10.1. The van der Waals surface area contributed by atoms with Crippen LogP contribution in [0.3, 0.4) is 0 Å². The monoisotopic (exact) mass is 472 g/mol. The number of thioether (sulfide) groups is 1. The van der Waals surface area contributed by atoms with Crippen molar-refractivity contribution in [1.29, 1.82) is 0 Å². The molecule has 4 aromatic rings. The predicted molar refractivity (Wildman–Crippen MR) is 117 cm³/mol. The largest absolute Gasteiger partial charge is 0.446 e. The van der Waals surface area contributed by atoms with Crippen molar-refractivity contribution in [2.75, 3.05) is 0 Å². The molecule has 0 spiro atoms. The van der Waals surface area contributed by atoms with E-state index in [0.717, 1.165) is 27.2 Å². The van der Waals surface area contributed by atoms with Gasteiger partial charge in [0, 0.05) is 23.2 Å². The third-order valence-electron chi connectivity index (χ3n) is 3.99. The fourth-order valence-electron chi connectivity index (χ4n) is 2.73. The molecule has 0 atom stereocenters. The molecule has 0 saturated heterocycles. The molecule has 0 radical (unpaired) electrons. The molecule has 4 rings (SSSR count). The van der Waals surface area contributed by atoms with Crippen molar-refractivity contribution in [3.63, 3.8) is 0 Å². The Morgan fingerprint density at radius 2 is 2.18 bits per heavy atom. The van der Waals surface area contributed by atoms with Gasteiger partial charge in [-0.25, -0.2) is 4.98 Å². The second-order valence-electron chi connectivity index (χ2n) is 6.11. The van der Waals surface area contributed by atoms with Crippen LogP contribution >= 0.6 is 39.0 Å². The molecule has 5 nitrogen and oxygen atoms in total. The van der Waals surface area contributed by atoms with Gasteiger partial charge in [0.15, 0.2) is 15.6 Å². The molecule has 0 aliphatic heterocycles. The highest BCUT2D eigenvalue weighted by molar-refractivity contribution is 9.10. The molecule has 142 valence electrons. The number of benzene rings is 1. The minimum atomic E-state index is 0.606. The molecule has 0 aliphatic carbocycles. The molecule has 0 amide bonds. The van der Waals surface area contributed by atoms with Gasteiger partial charge in [0.25, 0.3) is 0 Å². The van der Waals surface area contributed by atoms with E-state index in [0.29, 0.717) is 22.8 Å². The smallest absolute Gasteiger partial charge is 0.200 e. The zero-order valence-corrected chi connectivity index (χ0v) is 18.4. The topological polar surface area (TPSA) is 56.7 Å². The van der Waals surface area contributed by atoms with Crippen molar-refractivity contribution in [2.45, 2.75) is 24.4 Å². The highest BCUT2D eigenvalue weighted by Gasteiger charge is 2.17. The minimum absolute atomic E-state index is 0.606. The summed E-state index contributed by atoms with van der Waals surface area (Å²) < 4.78 is 8.29. The van der Waals surface area contributed by atoms with Crippen LogP contribution in [-0.2, 0) is 12.3 Å². The van der Waals surface area contributed by atoms with Crippen molar-refractivity contribution in [2.24, 2.45) is 0 Å². The molecule has 3 heterocycles. The van der Waals surface area contributed by atoms with E-state index in [1.165, 1.54) is 5.56 Å². The van der Waals surface area contributed by atoms with Crippen LogP contribution in [0, 0.1) is 6.92 Å².